The van der Waals surface area contributed by atoms with Crippen LogP contribution in [0.5, 0.6) is 0 Å². The van der Waals surface area contributed by atoms with E-state index in [1.165, 1.54) is 117 Å². The zero-order chi connectivity index (χ0) is 69.0. The van der Waals surface area contributed by atoms with Crippen LogP contribution in [-0.4, -0.2) is 0 Å². The molecule has 12 aromatic rings. The summed E-state index contributed by atoms with van der Waals surface area (Å²) in [4.78, 5) is 0. The first-order valence-corrected chi connectivity index (χ1v) is 35.0. The summed E-state index contributed by atoms with van der Waals surface area (Å²) in [7, 11) is 0. The topological polar surface area (TPSA) is 0 Å². The molecule has 0 heteroatoms. The summed E-state index contributed by atoms with van der Waals surface area (Å²) in [6.45, 7) is 35.9. The Balaban J connectivity index is 0.000000223. The third-order valence-electron chi connectivity index (χ3n) is 17.3. The maximum atomic E-state index is 2.32. The van der Waals surface area contributed by atoms with Gasteiger partial charge < -0.3 is 0 Å². The highest BCUT2D eigenvalue weighted by Crippen LogP contribution is 2.39. The van der Waals surface area contributed by atoms with Crippen molar-refractivity contribution in [2.75, 3.05) is 0 Å². The summed E-state index contributed by atoms with van der Waals surface area (Å²) in [5, 5.41) is 0. The molecule has 0 aliphatic carbocycles. The zero-order valence-electron chi connectivity index (χ0n) is 60.8. The van der Waals surface area contributed by atoms with Crippen molar-refractivity contribution in [3.8, 4) is 11.1 Å². The predicted octanol–water partition coefficient (Wildman–Crippen LogP) is 26.4. The molecule has 0 aliphatic heterocycles. The lowest BCUT2D eigenvalue weighted by Gasteiger charge is -2.32. The van der Waals surface area contributed by atoms with Crippen LogP contribution in [0.2, 0.25) is 0 Å². The fourth-order valence-electron chi connectivity index (χ4n) is 11.2. The Hall–Kier alpha value is -9.36. The van der Waals surface area contributed by atoms with Crippen molar-refractivity contribution in [2.24, 2.45) is 0 Å². The van der Waals surface area contributed by atoms with E-state index >= 15 is 0 Å². The van der Waals surface area contributed by atoms with Crippen molar-refractivity contribution < 1.29 is 0 Å². The lowest BCUT2D eigenvalue weighted by molar-refractivity contribution is 0.639. The minimum absolute atomic E-state index is 0.0525. The average Bonchev–Trinajstić information content (AvgIpc) is 0.788. The summed E-state index contributed by atoms with van der Waals surface area (Å²) in [5.41, 5.74) is 28.1. The van der Waals surface area contributed by atoms with E-state index in [0.717, 1.165) is 25.7 Å². The largest absolute Gasteiger partial charge is 0.0683 e. The van der Waals surface area contributed by atoms with Crippen molar-refractivity contribution in [1.82, 2.24) is 0 Å². The van der Waals surface area contributed by atoms with Crippen molar-refractivity contribution in [1.29, 1.82) is 0 Å². The van der Waals surface area contributed by atoms with Crippen molar-refractivity contribution in [3.05, 3.63) is 415 Å². The summed E-state index contributed by atoms with van der Waals surface area (Å²) in [6, 6.07) is 111. The monoisotopic (exact) mass is 1250 g/mol. The molecule has 12 aromatic carbocycles. The van der Waals surface area contributed by atoms with Gasteiger partial charge in [0.25, 0.3) is 0 Å². The molecule has 490 valence electrons. The van der Waals surface area contributed by atoms with Gasteiger partial charge >= 0.3 is 0 Å². The number of aryl methyl sites for hydroxylation is 6. The fourth-order valence-corrected chi connectivity index (χ4v) is 11.2. The van der Waals surface area contributed by atoms with Gasteiger partial charge in [0.1, 0.15) is 0 Å². The first kappa shape index (κ1) is 76.4. The molecule has 0 spiro atoms. The highest BCUT2D eigenvalue weighted by Gasteiger charge is 2.31. The second-order valence-corrected chi connectivity index (χ2v) is 24.3. The third-order valence-corrected chi connectivity index (χ3v) is 17.3. The van der Waals surface area contributed by atoms with E-state index in [1.54, 1.807) is 0 Å². The highest BCUT2D eigenvalue weighted by atomic mass is 14.3. The van der Waals surface area contributed by atoms with E-state index in [2.05, 4.69) is 372 Å². The Morgan fingerprint density at radius 2 is 0.411 bits per heavy atom. The molecule has 0 radical (unpaired) electrons. The van der Waals surface area contributed by atoms with E-state index in [0.29, 0.717) is 0 Å². The highest BCUT2D eigenvalue weighted by molar-refractivity contribution is 5.64. The molecular weight excluding hydrogens is 1140 g/mol. The molecule has 0 heterocycles. The maximum absolute atomic E-state index is 2.32. The van der Waals surface area contributed by atoms with E-state index in [1.807, 2.05) is 55.4 Å². The molecule has 0 fully saturated rings. The smallest absolute Gasteiger partial charge is 0.0423 e. The molecule has 0 bridgehead atoms. The first-order chi connectivity index (χ1) is 46.2. The van der Waals surface area contributed by atoms with Gasteiger partial charge in [-0.15, -0.1) is 0 Å². The molecule has 12 rings (SSSR count). The van der Waals surface area contributed by atoms with Crippen molar-refractivity contribution >= 4 is 0 Å². The normalized spacial score (nSPS) is 10.3. The van der Waals surface area contributed by atoms with Crippen LogP contribution < -0.4 is 0 Å². The second kappa shape index (κ2) is 40.7. The Morgan fingerprint density at radius 1 is 0.200 bits per heavy atom. The van der Waals surface area contributed by atoms with E-state index < -0.39 is 0 Å². The van der Waals surface area contributed by atoms with Crippen LogP contribution in [0, 0.1) is 41.5 Å². The lowest BCUT2D eigenvalue weighted by atomic mass is 9.71. The molecule has 0 aliphatic rings. The fraction of sp³-hybridized carbons (Fsp3) is 0.242. The predicted molar refractivity (Wildman–Crippen MR) is 419 cm³/mol. The second-order valence-electron chi connectivity index (χ2n) is 24.3. The first-order valence-electron chi connectivity index (χ1n) is 35.0. The summed E-state index contributed by atoms with van der Waals surface area (Å²) < 4.78 is 0. The Bertz CT molecular complexity index is 3730. The number of rotatable bonds is 14. The summed E-state index contributed by atoms with van der Waals surface area (Å²) in [6.07, 6.45) is 3.98. The minimum atomic E-state index is -0.136. The van der Waals surface area contributed by atoms with Gasteiger partial charge in [0.05, 0.1) is 0 Å². The Morgan fingerprint density at radius 3 is 0.663 bits per heavy atom. The lowest BCUT2D eigenvalue weighted by Crippen LogP contribution is -2.25. The molecule has 0 N–H and O–H groups in total. The quantitative estimate of drug-likeness (QED) is 0.0952. The molecule has 0 amide bonds. The molecule has 0 aromatic heterocycles. The number of hydrogen-bond acceptors (Lipinski definition) is 0. The maximum Gasteiger partial charge on any atom is 0.0423 e. The van der Waals surface area contributed by atoms with Gasteiger partial charge in [-0.1, -0.05) is 390 Å². The molecular formula is C95H110. The van der Waals surface area contributed by atoms with Crippen LogP contribution in [0.4, 0.5) is 0 Å². The third kappa shape index (κ3) is 23.6. The van der Waals surface area contributed by atoms with Crippen LogP contribution in [0.1, 0.15) is 182 Å². The zero-order valence-corrected chi connectivity index (χ0v) is 60.8. The molecule has 95 heavy (non-hydrogen) atoms. The molecule has 0 unspecified atom stereocenters. The van der Waals surface area contributed by atoms with E-state index in [9.17, 15) is 0 Å². The Labute approximate surface area is 576 Å². The summed E-state index contributed by atoms with van der Waals surface area (Å²) >= 11 is 0. The summed E-state index contributed by atoms with van der Waals surface area (Å²) in [5.74, 6) is 0. The standard InChI is InChI=1S/C26H22.C22H22.C20H18.C19H24.4C2H6/c1-3-7-21(8-4-1)19-23-11-15-25(16-12-23)26-17-13-24(14-18-26)20-22-9-5-2-6-10-22;1-17-9-13-20(14-10-17)22(3,19-7-5-4-6-8-19)21-15-11-18(2)12-16-21;1-3-7-17(8-4-1)15-19-11-13-20(14-12-19)16-18-9-5-2-6-10-18;1-13-7-9-17(11-15(13)3)19(5,6)18-10-8-14(2)16(4)12-18;4*1-2/h1-18H,19-20H2;4-16H,1-3H3;1-14H,15-16H2;7-12H,1-6H3;4*1-2H3. The van der Waals surface area contributed by atoms with Crippen LogP contribution in [0.3, 0.4) is 0 Å². The van der Waals surface area contributed by atoms with Gasteiger partial charge in [-0.2, -0.15) is 0 Å². The van der Waals surface area contributed by atoms with Gasteiger partial charge in [-0.3, -0.25) is 0 Å². The van der Waals surface area contributed by atoms with Crippen LogP contribution >= 0.6 is 0 Å². The van der Waals surface area contributed by atoms with Crippen molar-refractivity contribution in [2.45, 2.75) is 154 Å². The van der Waals surface area contributed by atoms with Gasteiger partial charge in [-0.05, 0) is 180 Å². The number of hydrogen-bond donors (Lipinski definition) is 0. The van der Waals surface area contributed by atoms with Gasteiger partial charge in [0, 0.05) is 10.8 Å². The molecule has 0 saturated carbocycles. The van der Waals surface area contributed by atoms with Crippen LogP contribution in [-0.2, 0) is 36.5 Å². The van der Waals surface area contributed by atoms with Gasteiger partial charge in [0.2, 0.25) is 0 Å². The van der Waals surface area contributed by atoms with Gasteiger partial charge in [-0.25, -0.2) is 0 Å². The molecule has 0 nitrogen and oxygen atoms in total. The van der Waals surface area contributed by atoms with Crippen LogP contribution in [0.15, 0.2) is 309 Å². The van der Waals surface area contributed by atoms with Gasteiger partial charge in [0.15, 0.2) is 0 Å². The average molecular weight is 1250 g/mol. The minimum Gasteiger partial charge on any atom is -0.0683 e. The Kier molecular flexibility index (Phi) is 32.7. The van der Waals surface area contributed by atoms with E-state index in [-0.39, 0.29) is 10.8 Å². The van der Waals surface area contributed by atoms with Crippen molar-refractivity contribution in [3.63, 3.8) is 0 Å². The number of benzene rings is 12. The van der Waals surface area contributed by atoms with Crippen LogP contribution in [0.25, 0.3) is 11.1 Å². The SMILES string of the molecule is CC.CC.CC.CC.Cc1ccc(C(C)(C)c2ccc(C)c(C)c2)cc1C.Cc1ccc(C(C)(c2ccccc2)c2ccc(C)cc2)cc1.c1ccc(Cc2ccc(-c3ccc(Cc4ccccc4)cc3)cc2)cc1.c1ccc(Cc2ccc(Cc3ccccc3)cc2)cc1. The molecule has 0 atom stereocenters. The molecule has 0 saturated heterocycles. The van der Waals surface area contributed by atoms with E-state index in [4.69, 9.17) is 0 Å².